The van der Waals surface area contributed by atoms with Gasteiger partial charge in [0.15, 0.2) is 0 Å². The van der Waals surface area contributed by atoms with Crippen LogP contribution in [0.2, 0.25) is 0 Å². The first-order chi connectivity index (χ1) is 16.4. The van der Waals surface area contributed by atoms with E-state index in [1.54, 1.807) is 0 Å². The summed E-state index contributed by atoms with van der Waals surface area (Å²) < 4.78 is 49.5. The lowest BCUT2D eigenvalue weighted by molar-refractivity contribution is -0.240. The van der Waals surface area contributed by atoms with Crippen molar-refractivity contribution in [1.29, 1.82) is 0 Å². The highest BCUT2D eigenvalue weighted by Gasteiger charge is 2.70. The number of fused-ring (bicyclic) bond motifs is 7. The molecule has 170 valence electrons. The van der Waals surface area contributed by atoms with Gasteiger partial charge < -0.3 is 0 Å². The molecule has 0 aromatic heterocycles. The van der Waals surface area contributed by atoms with Gasteiger partial charge in [0.25, 0.3) is 0 Å². The third kappa shape index (κ3) is 2.46. The van der Waals surface area contributed by atoms with Crippen molar-refractivity contribution >= 4 is 0 Å². The summed E-state index contributed by atoms with van der Waals surface area (Å²) in [6.45, 7) is 12.4. The zero-order valence-corrected chi connectivity index (χ0v) is 20.4. The van der Waals surface area contributed by atoms with Gasteiger partial charge in [-0.25, -0.2) is 0 Å². The molecule has 0 heterocycles. The Morgan fingerprint density at radius 3 is 2.07 bits per heavy atom. The van der Waals surface area contributed by atoms with Crippen LogP contribution in [0.5, 0.6) is 0 Å². The van der Waals surface area contributed by atoms with Crippen LogP contribution in [0.4, 0.5) is 0 Å². The highest BCUT2D eigenvalue weighted by molar-refractivity contribution is 5.20. The number of hydrogen-bond donors (Lipinski definition) is 0. The third-order valence-corrected chi connectivity index (χ3v) is 12.9. The highest BCUT2D eigenvalue weighted by atomic mass is 14.7. The molecule has 5 fully saturated rings. The van der Waals surface area contributed by atoms with Gasteiger partial charge in [0.2, 0.25) is 0 Å². The predicted molar refractivity (Wildman–Crippen MR) is 129 cm³/mol. The Morgan fingerprint density at radius 1 is 0.733 bits per heavy atom. The lowest BCUT2D eigenvalue weighted by Crippen LogP contribution is -2.65. The van der Waals surface area contributed by atoms with Crippen molar-refractivity contribution in [2.75, 3.05) is 0 Å². The molecule has 5 aliphatic carbocycles. The average Bonchev–Trinajstić information content (AvgIpc) is 3.09. The largest absolute Gasteiger partial charge is 0.0999 e. The Balaban J connectivity index is 1.49. The summed E-state index contributed by atoms with van der Waals surface area (Å²) in [5.41, 5.74) is 0.627. The number of rotatable bonds is 1. The van der Waals surface area contributed by atoms with Crippen molar-refractivity contribution in [3.8, 4) is 0 Å². The van der Waals surface area contributed by atoms with Crippen LogP contribution < -0.4 is 0 Å². The molecule has 0 nitrogen and oxygen atoms in total. The minimum absolute atomic E-state index is 0.0912. The van der Waals surface area contributed by atoms with Crippen molar-refractivity contribution in [2.45, 2.75) is 119 Å². The van der Waals surface area contributed by atoms with Crippen LogP contribution in [0.3, 0.4) is 0 Å². The van der Waals surface area contributed by atoms with Gasteiger partial charge in [0.1, 0.15) is 0 Å². The summed E-state index contributed by atoms with van der Waals surface area (Å²) in [6, 6.07) is 0. The first-order valence-corrected chi connectivity index (χ1v) is 13.1. The molecule has 5 rings (SSSR count). The molecule has 0 aliphatic heterocycles. The minimum Gasteiger partial charge on any atom is -0.0999 e. The Bertz CT molecular complexity index is 919. The molecule has 5 saturated carbocycles. The quantitative estimate of drug-likeness (QED) is 0.374. The Kier molecular flexibility index (Phi) is 3.32. The fourth-order valence-electron chi connectivity index (χ4n) is 11.4. The first-order valence-electron chi connectivity index (χ1n) is 16.1. The van der Waals surface area contributed by atoms with Gasteiger partial charge in [-0.2, -0.15) is 0 Å². The average molecular weight is 417 g/mol. The fraction of sp³-hybridized carbons (Fsp3) is 0.933. The maximum atomic E-state index is 8.49. The van der Waals surface area contributed by atoms with E-state index < -0.39 is 19.1 Å². The van der Waals surface area contributed by atoms with Crippen LogP contribution in [0.1, 0.15) is 127 Å². The van der Waals surface area contributed by atoms with Gasteiger partial charge >= 0.3 is 0 Å². The van der Waals surface area contributed by atoms with Crippen molar-refractivity contribution in [3.05, 3.63) is 12.2 Å². The topological polar surface area (TPSA) is 0 Å². The Hall–Kier alpha value is -0.260. The van der Waals surface area contributed by atoms with Crippen molar-refractivity contribution in [2.24, 2.45) is 56.7 Å². The second-order valence-electron chi connectivity index (χ2n) is 13.7. The van der Waals surface area contributed by atoms with Crippen molar-refractivity contribution in [1.82, 2.24) is 0 Å². The molecule has 0 bridgehead atoms. The standard InChI is InChI=1S/C30H50/c1-20(2)21-12-17-27(5)22(21)13-18-29(7)24(27)10-11-25-28(6)16-9-15-26(3,4)23(28)14-19-30(25,29)8/h21-25H,1,9-19H2,2-8H3/t21-,22+,23+,24-,25-,27+,28+,29-,30-/m1/s1/i2D3,3D3/t21-,22+,23+,24-,25-,26+,27+,28+,29-,30-. The second-order valence-corrected chi connectivity index (χ2v) is 13.7. The SMILES string of the molecule is [2H]C([2H])([2H])C(=C)[C@H]1CC[C@]2(C)[C@H]3CC[C@@H]4[C@@]5(C)CCC[C@@](C)(C([2H])([2H])[2H])[C@@H]5CC[C@@]4(C)[C@]3(C)CC[C@@H]12. The second kappa shape index (κ2) is 6.41. The molecule has 5 aliphatic rings. The van der Waals surface area contributed by atoms with Crippen LogP contribution in [-0.4, -0.2) is 0 Å². The molecule has 10 atom stereocenters. The van der Waals surface area contributed by atoms with Gasteiger partial charge in [-0.3, -0.25) is 0 Å². The predicted octanol–water partition coefficient (Wildman–Crippen LogP) is 9.05. The summed E-state index contributed by atoms with van der Waals surface area (Å²) in [5, 5.41) is 0. The van der Waals surface area contributed by atoms with E-state index in [1.165, 1.54) is 25.7 Å². The van der Waals surface area contributed by atoms with E-state index in [9.17, 15) is 0 Å². The van der Waals surface area contributed by atoms with Crippen molar-refractivity contribution < 1.29 is 8.22 Å². The normalized spacial score (nSPS) is 64.0. The fourth-order valence-corrected chi connectivity index (χ4v) is 11.4. The monoisotopic (exact) mass is 416 g/mol. The smallest absolute Gasteiger partial charge is 0.0276 e. The third-order valence-electron chi connectivity index (χ3n) is 12.9. The molecule has 0 unspecified atom stereocenters. The maximum Gasteiger partial charge on any atom is 0.0276 e. The number of allylic oxidation sites excluding steroid dienone is 1. The molecule has 0 radical (unpaired) electrons. The maximum absolute atomic E-state index is 8.49. The zero-order valence-electron chi connectivity index (χ0n) is 26.4. The molecule has 0 aromatic rings. The zero-order chi connectivity index (χ0) is 26.7. The van der Waals surface area contributed by atoms with Gasteiger partial charge in [0.05, 0.1) is 0 Å². The van der Waals surface area contributed by atoms with Crippen LogP contribution in [0.25, 0.3) is 0 Å². The first kappa shape index (κ1) is 15.6. The van der Waals surface area contributed by atoms with E-state index in [-0.39, 0.29) is 33.5 Å². The molecular formula is C30H50. The van der Waals surface area contributed by atoms with Gasteiger partial charge in [-0.15, -0.1) is 0 Å². The summed E-state index contributed by atoms with van der Waals surface area (Å²) in [6.07, 6.45) is 12.0. The molecule has 0 saturated heterocycles. The summed E-state index contributed by atoms with van der Waals surface area (Å²) in [4.78, 5) is 0. The minimum atomic E-state index is -2.05. The van der Waals surface area contributed by atoms with Crippen LogP contribution in [-0.2, 0) is 0 Å². The molecule has 0 aromatic carbocycles. The Labute approximate surface area is 196 Å². The van der Waals surface area contributed by atoms with Gasteiger partial charge in [-0.1, -0.05) is 60.0 Å². The van der Waals surface area contributed by atoms with E-state index in [2.05, 4.69) is 41.2 Å². The molecule has 0 amide bonds. The summed E-state index contributed by atoms with van der Waals surface area (Å²) in [5.74, 6) is 2.02. The van der Waals surface area contributed by atoms with Crippen LogP contribution in [0.15, 0.2) is 12.2 Å². The Morgan fingerprint density at radius 2 is 1.40 bits per heavy atom. The number of hydrogen-bond acceptors (Lipinski definition) is 0. The van der Waals surface area contributed by atoms with Gasteiger partial charge in [-0.05, 0) is 128 Å². The van der Waals surface area contributed by atoms with Crippen molar-refractivity contribution in [3.63, 3.8) is 0 Å². The lowest BCUT2D eigenvalue weighted by atomic mass is 9.32. The molecule has 0 spiro atoms. The molecular weight excluding hydrogens is 360 g/mol. The van der Waals surface area contributed by atoms with Crippen LogP contribution in [0, 0.1) is 56.7 Å². The highest BCUT2D eigenvalue weighted by Crippen LogP contribution is 2.77. The summed E-state index contributed by atoms with van der Waals surface area (Å²) in [7, 11) is 0. The van der Waals surface area contributed by atoms with Gasteiger partial charge in [0, 0.05) is 8.22 Å². The van der Waals surface area contributed by atoms with E-state index in [4.69, 9.17) is 8.22 Å². The van der Waals surface area contributed by atoms with E-state index >= 15 is 0 Å². The van der Waals surface area contributed by atoms with Crippen LogP contribution >= 0.6 is 0 Å². The van der Waals surface area contributed by atoms with E-state index in [0.717, 1.165) is 44.9 Å². The van der Waals surface area contributed by atoms with E-state index in [0.29, 0.717) is 23.3 Å². The van der Waals surface area contributed by atoms with E-state index in [1.807, 2.05) is 0 Å². The molecule has 30 heavy (non-hydrogen) atoms. The molecule has 0 N–H and O–H groups in total. The lowest BCUT2D eigenvalue weighted by Gasteiger charge is -2.73. The molecule has 0 heteroatoms. The summed E-state index contributed by atoms with van der Waals surface area (Å²) >= 11 is 0.